The highest BCUT2D eigenvalue weighted by Crippen LogP contribution is 2.32. The molecule has 0 bridgehead atoms. The highest BCUT2D eigenvalue weighted by molar-refractivity contribution is 5.67. The number of aliphatic hydroxyl groups is 1. The number of rotatable bonds is 10. The third-order valence-electron chi connectivity index (χ3n) is 6.56. The summed E-state index contributed by atoms with van der Waals surface area (Å²) in [5.41, 5.74) is 1.95. The van der Waals surface area contributed by atoms with E-state index in [0.717, 1.165) is 55.3 Å². The summed E-state index contributed by atoms with van der Waals surface area (Å²) in [7, 11) is 6.08. The number of hydrogen-bond donors (Lipinski definition) is 3. The summed E-state index contributed by atoms with van der Waals surface area (Å²) in [6.45, 7) is 6.19. The largest absolute Gasteiger partial charge is 0.491 e. The van der Waals surface area contributed by atoms with Crippen molar-refractivity contribution >= 4 is 11.6 Å². The molecule has 0 aliphatic carbocycles. The SMILES string of the molecule is CNCC(O)COc1cccc(-c2nc(N[C@@H]3CCOC3)c(C)c(N3CC[C@H](N(C)C)C3)n2)c1. The average molecular weight is 471 g/mol. The van der Waals surface area contributed by atoms with Gasteiger partial charge in [-0.05, 0) is 53.0 Å². The minimum atomic E-state index is -0.569. The lowest BCUT2D eigenvalue weighted by molar-refractivity contribution is 0.108. The number of nitrogens with zero attached hydrogens (tertiary/aromatic N) is 4. The van der Waals surface area contributed by atoms with Crippen LogP contribution in [0.25, 0.3) is 11.4 Å². The molecule has 9 heteroatoms. The van der Waals surface area contributed by atoms with Crippen molar-refractivity contribution in [3.8, 4) is 17.1 Å². The first kappa shape index (κ1) is 24.7. The molecule has 0 saturated carbocycles. The molecule has 2 fully saturated rings. The second-order valence-electron chi connectivity index (χ2n) is 9.45. The van der Waals surface area contributed by atoms with E-state index in [1.165, 1.54) is 0 Å². The maximum Gasteiger partial charge on any atom is 0.164 e. The fourth-order valence-electron chi connectivity index (χ4n) is 4.49. The van der Waals surface area contributed by atoms with Gasteiger partial charge < -0.3 is 35.0 Å². The van der Waals surface area contributed by atoms with Gasteiger partial charge in [0, 0.05) is 43.4 Å². The molecule has 3 atom stereocenters. The first-order valence-electron chi connectivity index (χ1n) is 12.1. The van der Waals surface area contributed by atoms with Crippen LogP contribution in [-0.2, 0) is 4.74 Å². The van der Waals surface area contributed by atoms with Crippen molar-refractivity contribution in [2.75, 3.05) is 70.8 Å². The quantitative estimate of drug-likeness (QED) is 0.480. The van der Waals surface area contributed by atoms with E-state index in [-0.39, 0.29) is 12.6 Å². The first-order valence-corrected chi connectivity index (χ1v) is 12.1. The van der Waals surface area contributed by atoms with Crippen LogP contribution in [0.5, 0.6) is 5.75 Å². The molecular formula is C25H38N6O3. The van der Waals surface area contributed by atoms with E-state index in [1.54, 1.807) is 7.05 Å². The molecule has 2 saturated heterocycles. The van der Waals surface area contributed by atoms with Crippen molar-refractivity contribution in [1.82, 2.24) is 20.2 Å². The second kappa shape index (κ2) is 11.3. The Morgan fingerprint density at radius 2 is 2.15 bits per heavy atom. The first-order chi connectivity index (χ1) is 16.4. The Hall–Kier alpha value is -2.46. The standard InChI is InChI=1S/C25H38N6O3/c1-17-23(27-19-9-11-33-15-19)28-24(29-25(17)31-10-8-20(14-31)30(3)4)18-6-5-7-22(12-18)34-16-21(32)13-26-2/h5-7,12,19-21,26,32H,8-11,13-16H2,1-4H3,(H,27,28,29)/t19-,20+,21?/m1/s1. The van der Waals surface area contributed by atoms with Crippen LogP contribution in [-0.4, -0.2) is 98.8 Å². The molecule has 9 nitrogen and oxygen atoms in total. The fraction of sp³-hybridized carbons (Fsp3) is 0.600. The van der Waals surface area contributed by atoms with Crippen LogP contribution in [0.4, 0.5) is 11.6 Å². The Bertz CT molecular complexity index is 950. The molecule has 0 amide bonds. The lowest BCUT2D eigenvalue weighted by atomic mass is 10.1. The van der Waals surface area contributed by atoms with Gasteiger partial charge in [0.2, 0.25) is 0 Å². The van der Waals surface area contributed by atoms with Crippen LogP contribution in [0.3, 0.4) is 0 Å². The van der Waals surface area contributed by atoms with Crippen molar-refractivity contribution in [3.63, 3.8) is 0 Å². The van der Waals surface area contributed by atoms with E-state index in [2.05, 4.69) is 41.5 Å². The van der Waals surface area contributed by atoms with Gasteiger partial charge in [-0.1, -0.05) is 12.1 Å². The summed E-state index contributed by atoms with van der Waals surface area (Å²) < 4.78 is 11.4. The van der Waals surface area contributed by atoms with E-state index in [4.69, 9.17) is 19.4 Å². The van der Waals surface area contributed by atoms with Crippen molar-refractivity contribution in [3.05, 3.63) is 29.8 Å². The molecule has 3 N–H and O–H groups in total. The van der Waals surface area contributed by atoms with Crippen LogP contribution in [0.15, 0.2) is 24.3 Å². The summed E-state index contributed by atoms with van der Waals surface area (Å²) >= 11 is 0. The topological polar surface area (TPSA) is 95.0 Å². The normalized spacial score (nSPS) is 21.3. The van der Waals surface area contributed by atoms with E-state index in [1.807, 2.05) is 24.3 Å². The van der Waals surface area contributed by atoms with E-state index >= 15 is 0 Å². The van der Waals surface area contributed by atoms with Gasteiger partial charge in [0.15, 0.2) is 5.82 Å². The molecule has 2 aliphatic rings. The van der Waals surface area contributed by atoms with Gasteiger partial charge in [0.1, 0.15) is 30.1 Å². The lowest BCUT2D eigenvalue weighted by Gasteiger charge is -2.24. The number of ether oxygens (including phenoxy) is 2. The number of aliphatic hydroxyl groups excluding tert-OH is 1. The van der Waals surface area contributed by atoms with Gasteiger partial charge in [-0.2, -0.15) is 0 Å². The molecule has 0 spiro atoms. The van der Waals surface area contributed by atoms with Gasteiger partial charge in [0.25, 0.3) is 0 Å². The van der Waals surface area contributed by atoms with Crippen molar-refractivity contribution in [1.29, 1.82) is 0 Å². The number of benzene rings is 1. The van der Waals surface area contributed by atoms with Gasteiger partial charge in [-0.3, -0.25) is 0 Å². The molecule has 1 aromatic carbocycles. The molecular weight excluding hydrogens is 432 g/mol. The maximum atomic E-state index is 9.98. The average Bonchev–Trinajstić information content (AvgIpc) is 3.52. The summed E-state index contributed by atoms with van der Waals surface area (Å²) in [5, 5.41) is 16.5. The van der Waals surface area contributed by atoms with Gasteiger partial charge >= 0.3 is 0 Å². The molecule has 3 heterocycles. The van der Waals surface area contributed by atoms with Crippen LogP contribution in [0.1, 0.15) is 18.4 Å². The molecule has 1 unspecified atom stereocenters. The zero-order valence-electron chi connectivity index (χ0n) is 20.8. The Balaban J connectivity index is 1.63. The summed E-state index contributed by atoms with van der Waals surface area (Å²) in [5.74, 6) is 3.19. The molecule has 1 aromatic heterocycles. The number of aromatic nitrogens is 2. The summed E-state index contributed by atoms with van der Waals surface area (Å²) in [4.78, 5) is 14.6. The molecule has 2 aliphatic heterocycles. The fourth-order valence-corrected chi connectivity index (χ4v) is 4.49. The van der Waals surface area contributed by atoms with Crippen molar-refractivity contribution in [2.24, 2.45) is 0 Å². The Labute approximate surface area is 202 Å². The van der Waals surface area contributed by atoms with E-state index < -0.39 is 6.10 Å². The zero-order valence-corrected chi connectivity index (χ0v) is 20.8. The van der Waals surface area contributed by atoms with Crippen LogP contribution in [0.2, 0.25) is 0 Å². The van der Waals surface area contributed by atoms with Crippen LogP contribution in [0, 0.1) is 6.92 Å². The van der Waals surface area contributed by atoms with Crippen LogP contribution >= 0.6 is 0 Å². The smallest absolute Gasteiger partial charge is 0.164 e. The third kappa shape index (κ3) is 5.96. The van der Waals surface area contributed by atoms with E-state index in [9.17, 15) is 5.11 Å². The predicted octanol–water partition coefficient (Wildman–Crippen LogP) is 1.75. The highest BCUT2D eigenvalue weighted by Gasteiger charge is 2.28. The summed E-state index contributed by atoms with van der Waals surface area (Å²) in [6, 6.07) is 8.54. The maximum absolute atomic E-state index is 9.98. The van der Waals surface area contributed by atoms with Crippen molar-refractivity contribution in [2.45, 2.75) is 38.0 Å². The molecule has 0 radical (unpaired) electrons. The van der Waals surface area contributed by atoms with Gasteiger partial charge in [0.05, 0.1) is 12.6 Å². The predicted molar refractivity (Wildman–Crippen MR) is 135 cm³/mol. The third-order valence-corrected chi connectivity index (χ3v) is 6.56. The molecule has 186 valence electrons. The van der Waals surface area contributed by atoms with Crippen molar-refractivity contribution < 1.29 is 14.6 Å². The minimum Gasteiger partial charge on any atom is -0.491 e. The number of anilines is 2. The summed E-state index contributed by atoms with van der Waals surface area (Å²) in [6.07, 6.45) is 1.52. The van der Waals surface area contributed by atoms with Gasteiger partial charge in [-0.25, -0.2) is 9.97 Å². The Morgan fingerprint density at radius 3 is 2.85 bits per heavy atom. The Kier molecular flexibility index (Phi) is 8.20. The van der Waals surface area contributed by atoms with Crippen LogP contribution < -0.4 is 20.3 Å². The molecule has 4 rings (SSSR count). The monoisotopic (exact) mass is 470 g/mol. The second-order valence-corrected chi connectivity index (χ2v) is 9.45. The zero-order chi connectivity index (χ0) is 24.1. The highest BCUT2D eigenvalue weighted by atomic mass is 16.5. The Morgan fingerprint density at radius 1 is 1.29 bits per heavy atom. The number of likely N-dealkylation sites (N-methyl/N-ethyl adjacent to an activating group) is 2. The minimum absolute atomic E-state index is 0.221. The lowest BCUT2D eigenvalue weighted by Crippen LogP contribution is -2.32. The van der Waals surface area contributed by atoms with E-state index in [0.29, 0.717) is 30.8 Å². The molecule has 2 aromatic rings. The van der Waals surface area contributed by atoms with Gasteiger partial charge in [-0.15, -0.1) is 0 Å². The number of nitrogens with one attached hydrogen (secondary N) is 2. The number of hydrogen-bond acceptors (Lipinski definition) is 9. The molecule has 34 heavy (non-hydrogen) atoms.